The summed E-state index contributed by atoms with van der Waals surface area (Å²) in [6, 6.07) is -0.397. The van der Waals surface area contributed by atoms with E-state index in [1.807, 2.05) is 13.8 Å². The van der Waals surface area contributed by atoms with Gasteiger partial charge in [0.1, 0.15) is 0 Å². The molecule has 1 aliphatic carbocycles. The Kier molecular flexibility index (Phi) is 6.60. The average Bonchev–Trinajstić information content (AvgIpc) is 2.78. The van der Waals surface area contributed by atoms with Gasteiger partial charge in [-0.05, 0) is 18.8 Å². The molecule has 0 aromatic rings. The molecule has 1 amide bonds. The number of aliphatic hydroxyl groups is 1. The van der Waals surface area contributed by atoms with Crippen molar-refractivity contribution in [2.45, 2.75) is 57.8 Å². The van der Waals surface area contributed by atoms with Gasteiger partial charge >= 0.3 is 0 Å². The van der Waals surface area contributed by atoms with Gasteiger partial charge in [-0.15, -0.1) is 0 Å². The zero-order valence-corrected chi connectivity index (χ0v) is 11.4. The number of rotatable bonds is 8. The number of amides is 1. The quantitative estimate of drug-likeness (QED) is 0.588. The number of carbonyl (C=O) groups is 1. The topological polar surface area (TPSA) is 84.6 Å². The summed E-state index contributed by atoms with van der Waals surface area (Å²) in [6.07, 6.45) is 4.33. The Labute approximate surface area is 109 Å². The summed E-state index contributed by atoms with van der Waals surface area (Å²) in [6.45, 7) is 4.49. The van der Waals surface area contributed by atoms with E-state index in [0.29, 0.717) is 19.3 Å². The molecule has 2 unspecified atom stereocenters. The van der Waals surface area contributed by atoms with Crippen molar-refractivity contribution in [1.82, 2.24) is 5.32 Å². The van der Waals surface area contributed by atoms with Crippen LogP contribution in [-0.2, 0) is 9.53 Å². The Hall–Kier alpha value is -0.650. The Morgan fingerprint density at radius 3 is 2.56 bits per heavy atom. The average molecular weight is 258 g/mol. The van der Waals surface area contributed by atoms with Crippen LogP contribution in [0.15, 0.2) is 0 Å². The normalized spacial score (nSPS) is 20.2. The van der Waals surface area contributed by atoms with Gasteiger partial charge in [0.25, 0.3) is 0 Å². The molecular formula is C13H26N2O3. The van der Waals surface area contributed by atoms with Crippen LogP contribution in [0.1, 0.15) is 39.5 Å². The Balaban J connectivity index is 2.18. The molecule has 4 N–H and O–H groups in total. The number of ether oxygens (including phenoxy) is 1. The Morgan fingerprint density at radius 1 is 1.44 bits per heavy atom. The molecule has 5 nitrogen and oxygen atoms in total. The van der Waals surface area contributed by atoms with Gasteiger partial charge < -0.3 is 20.9 Å². The number of carbonyl (C=O) groups excluding carboxylic acids is 1. The van der Waals surface area contributed by atoms with E-state index in [0.717, 1.165) is 12.8 Å². The smallest absolute Gasteiger partial charge is 0.234 e. The van der Waals surface area contributed by atoms with Crippen LogP contribution in [0.5, 0.6) is 0 Å². The van der Waals surface area contributed by atoms with Gasteiger partial charge in [-0.3, -0.25) is 4.79 Å². The second kappa shape index (κ2) is 7.71. The van der Waals surface area contributed by atoms with Crippen LogP contribution < -0.4 is 11.1 Å². The van der Waals surface area contributed by atoms with Crippen molar-refractivity contribution in [3.8, 4) is 0 Å². The Bertz CT molecular complexity index is 253. The molecule has 1 fully saturated rings. The maximum absolute atomic E-state index is 11.2. The molecular weight excluding hydrogens is 232 g/mol. The number of aliphatic hydroxyl groups excluding tert-OH is 1. The molecule has 18 heavy (non-hydrogen) atoms. The molecule has 1 saturated carbocycles. The number of hydrogen-bond donors (Lipinski definition) is 3. The first-order valence-electron chi connectivity index (χ1n) is 6.83. The van der Waals surface area contributed by atoms with Crippen molar-refractivity contribution in [3.05, 3.63) is 0 Å². The van der Waals surface area contributed by atoms with Crippen LogP contribution >= 0.6 is 0 Å². The van der Waals surface area contributed by atoms with Crippen LogP contribution in [0.3, 0.4) is 0 Å². The highest BCUT2D eigenvalue weighted by Crippen LogP contribution is 2.20. The lowest BCUT2D eigenvalue weighted by Crippen LogP contribution is -2.48. The van der Waals surface area contributed by atoms with E-state index in [1.54, 1.807) is 0 Å². The minimum absolute atomic E-state index is 0.116. The third-order valence-electron chi connectivity index (χ3n) is 3.37. The summed E-state index contributed by atoms with van der Waals surface area (Å²) in [7, 11) is 0. The lowest BCUT2D eigenvalue weighted by molar-refractivity contribution is -0.121. The fourth-order valence-electron chi connectivity index (χ4n) is 2.29. The fourth-order valence-corrected chi connectivity index (χ4v) is 2.29. The molecule has 0 spiro atoms. The number of primary amides is 1. The first-order chi connectivity index (χ1) is 8.50. The number of nitrogens with one attached hydrogen (secondary N) is 1. The minimum atomic E-state index is -0.591. The van der Waals surface area contributed by atoms with Crippen molar-refractivity contribution in [2.24, 2.45) is 11.7 Å². The van der Waals surface area contributed by atoms with E-state index in [4.69, 9.17) is 10.5 Å². The van der Waals surface area contributed by atoms with E-state index in [9.17, 15) is 9.90 Å². The van der Waals surface area contributed by atoms with Gasteiger partial charge in [0.15, 0.2) is 0 Å². The highest BCUT2D eigenvalue weighted by atomic mass is 16.5. The van der Waals surface area contributed by atoms with Crippen LogP contribution in [0.2, 0.25) is 0 Å². The summed E-state index contributed by atoms with van der Waals surface area (Å²) in [5.41, 5.74) is 5.28. The van der Waals surface area contributed by atoms with Crippen LogP contribution in [0, 0.1) is 5.92 Å². The molecule has 0 aromatic carbocycles. The third-order valence-corrected chi connectivity index (χ3v) is 3.37. The first-order valence-corrected chi connectivity index (χ1v) is 6.83. The maximum atomic E-state index is 11.2. The van der Waals surface area contributed by atoms with Crippen molar-refractivity contribution in [3.63, 3.8) is 0 Å². The van der Waals surface area contributed by atoms with Gasteiger partial charge in [0, 0.05) is 6.54 Å². The summed E-state index contributed by atoms with van der Waals surface area (Å²) in [5, 5.41) is 12.8. The third kappa shape index (κ3) is 5.33. The van der Waals surface area contributed by atoms with E-state index in [-0.39, 0.29) is 11.8 Å². The monoisotopic (exact) mass is 258 g/mol. The zero-order chi connectivity index (χ0) is 13.5. The second-order valence-electron chi connectivity index (χ2n) is 5.43. The predicted octanol–water partition coefficient (Wildman–Crippen LogP) is 0.406. The van der Waals surface area contributed by atoms with E-state index in [1.165, 1.54) is 12.8 Å². The van der Waals surface area contributed by atoms with Gasteiger partial charge in [-0.1, -0.05) is 26.7 Å². The maximum Gasteiger partial charge on any atom is 0.234 e. The molecule has 0 radical (unpaired) electrons. The lowest BCUT2D eigenvalue weighted by Gasteiger charge is -2.21. The molecule has 106 valence electrons. The molecule has 2 atom stereocenters. The molecule has 0 aliphatic heterocycles. The highest BCUT2D eigenvalue weighted by molar-refractivity contribution is 5.80. The van der Waals surface area contributed by atoms with Gasteiger partial charge in [-0.2, -0.15) is 0 Å². The van der Waals surface area contributed by atoms with Gasteiger partial charge in [0.2, 0.25) is 5.91 Å². The highest BCUT2D eigenvalue weighted by Gasteiger charge is 2.21. The van der Waals surface area contributed by atoms with Crippen LogP contribution in [0.25, 0.3) is 0 Å². The molecule has 5 heteroatoms. The minimum Gasteiger partial charge on any atom is -0.389 e. The second-order valence-corrected chi connectivity index (χ2v) is 5.43. The first kappa shape index (κ1) is 15.4. The van der Waals surface area contributed by atoms with Crippen molar-refractivity contribution >= 4 is 5.91 Å². The Morgan fingerprint density at radius 2 is 2.06 bits per heavy atom. The van der Waals surface area contributed by atoms with Gasteiger partial charge in [-0.25, -0.2) is 0 Å². The summed E-state index contributed by atoms with van der Waals surface area (Å²) in [5.74, 6) is -0.264. The molecule has 1 aliphatic rings. The molecule has 0 saturated heterocycles. The van der Waals surface area contributed by atoms with Crippen LogP contribution in [0.4, 0.5) is 0 Å². The van der Waals surface area contributed by atoms with E-state index >= 15 is 0 Å². The summed E-state index contributed by atoms with van der Waals surface area (Å²) >= 11 is 0. The summed E-state index contributed by atoms with van der Waals surface area (Å²) < 4.78 is 5.61. The molecule has 1 rings (SSSR count). The molecule has 0 aromatic heterocycles. The SMILES string of the molecule is CC(C)C(NCC(O)COC1CCCC1)C(N)=O. The van der Waals surface area contributed by atoms with Crippen molar-refractivity contribution in [1.29, 1.82) is 0 Å². The van der Waals surface area contributed by atoms with Crippen molar-refractivity contribution < 1.29 is 14.6 Å². The number of nitrogens with two attached hydrogens (primary N) is 1. The van der Waals surface area contributed by atoms with Crippen molar-refractivity contribution in [2.75, 3.05) is 13.2 Å². The van der Waals surface area contributed by atoms with Gasteiger partial charge in [0.05, 0.1) is 24.9 Å². The van der Waals surface area contributed by atoms with E-state index in [2.05, 4.69) is 5.32 Å². The predicted molar refractivity (Wildman–Crippen MR) is 70.0 cm³/mol. The molecule has 0 heterocycles. The lowest BCUT2D eigenvalue weighted by atomic mass is 10.0. The van der Waals surface area contributed by atoms with E-state index < -0.39 is 12.1 Å². The zero-order valence-electron chi connectivity index (χ0n) is 11.4. The number of hydrogen-bond acceptors (Lipinski definition) is 4. The van der Waals surface area contributed by atoms with Crippen LogP contribution in [-0.4, -0.2) is 42.4 Å². The largest absolute Gasteiger partial charge is 0.389 e. The fraction of sp³-hybridized carbons (Fsp3) is 0.923. The standard InChI is InChI=1S/C13H26N2O3/c1-9(2)12(13(14)17)15-7-10(16)8-18-11-5-3-4-6-11/h9-12,15-16H,3-8H2,1-2H3,(H2,14,17). The summed E-state index contributed by atoms with van der Waals surface area (Å²) in [4.78, 5) is 11.2. The molecule has 0 bridgehead atoms.